The summed E-state index contributed by atoms with van der Waals surface area (Å²) in [6.07, 6.45) is 1.68. The molecule has 3 aromatic carbocycles. The molecule has 0 amide bonds. The Labute approximate surface area is 196 Å². The largest absolute Gasteiger partial charge is 0.494 e. The van der Waals surface area contributed by atoms with E-state index >= 15 is 0 Å². The quantitative estimate of drug-likeness (QED) is 0.209. The molecule has 0 radical (unpaired) electrons. The summed E-state index contributed by atoms with van der Waals surface area (Å²) in [4.78, 5) is 4.54. The number of benzene rings is 3. The van der Waals surface area contributed by atoms with Crippen molar-refractivity contribution in [2.75, 3.05) is 13.7 Å². The van der Waals surface area contributed by atoms with Gasteiger partial charge in [0.2, 0.25) is 0 Å². The van der Waals surface area contributed by atoms with Crippen molar-refractivity contribution in [2.45, 2.75) is 18.7 Å². The molecule has 3 rings (SSSR count). The van der Waals surface area contributed by atoms with E-state index in [-0.39, 0.29) is 10.6 Å². The normalized spacial score (nSPS) is 11.5. The second-order valence-corrected chi connectivity index (χ2v) is 9.28. The van der Waals surface area contributed by atoms with Crippen LogP contribution in [-0.4, -0.2) is 28.3 Å². The van der Waals surface area contributed by atoms with Crippen molar-refractivity contribution in [3.8, 4) is 17.2 Å². The Morgan fingerprint density at radius 1 is 1.03 bits per heavy atom. The fourth-order valence-electron chi connectivity index (χ4n) is 2.70. The molecule has 0 spiro atoms. The molecule has 31 heavy (non-hydrogen) atoms. The third-order valence-electron chi connectivity index (χ3n) is 4.26. The van der Waals surface area contributed by atoms with Crippen LogP contribution < -0.4 is 13.7 Å². The number of hydrogen-bond acceptors (Lipinski definition) is 6. The Morgan fingerprint density at radius 3 is 2.32 bits per heavy atom. The molecule has 0 atom stereocenters. The minimum absolute atomic E-state index is 0.0806. The van der Waals surface area contributed by atoms with Crippen molar-refractivity contribution in [2.24, 2.45) is 4.99 Å². The molecule has 0 aromatic heterocycles. The van der Waals surface area contributed by atoms with Crippen molar-refractivity contribution in [1.29, 1.82) is 0 Å². The first-order chi connectivity index (χ1) is 14.8. The number of rotatable bonds is 8. The Kier molecular flexibility index (Phi) is 7.55. The van der Waals surface area contributed by atoms with Crippen LogP contribution in [0.15, 0.2) is 70.6 Å². The lowest BCUT2D eigenvalue weighted by atomic mass is 10.2. The number of nitrogens with zero attached hydrogens (tertiary/aromatic N) is 1. The maximum Gasteiger partial charge on any atom is 0.339 e. The molecule has 162 valence electrons. The number of hydrogen-bond donors (Lipinski definition) is 0. The van der Waals surface area contributed by atoms with Crippen molar-refractivity contribution >= 4 is 44.6 Å². The molecule has 6 nitrogen and oxygen atoms in total. The fourth-order valence-corrected chi connectivity index (χ4v) is 4.54. The highest BCUT2D eigenvalue weighted by molar-refractivity contribution is 14.1. The summed E-state index contributed by atoms with van der Waals surface area (Å²) in [5.41, 5.74) is 2.47. The Hall–Kier alpha value is -2.59. The van der Waals surface area contributed by atoms with Crippen molar-refractivity contribution < 1.29 is 22.1 Å². The van der Waals surface area contributed by atoms with E-state index in [4.69, 9.17) is 13.7 Å². The Morgan fingerprint density at radius 2 is 1.71 bits per heavy atom. The molecular weight excluding hydrogens is 529 g/mol. The molecule has 0 aliphatic carbocycles. The summed E-state index contributed by atoms with van der Waals surface area (Å²) in [5, 5.41) is 0. The molecule has 0 bridgehead atoms. The van der Waals surface area contributed by atoms with E-state index in [1.807, 2.05) is 60.7 Å². The van der Waals surface area contributed by atoms with Gasteiger partial charge in [-0.05, 0) is 90.5 Å². The Balaban J connectivity index is 1.85. The number of halogens is 1. The van der Waals surface area contributed by atoms with Crippen LogP contribution in [-0.2, 0) is 10.1 Å². The van der Waals surface area contributed by atoms with E-state index in [2.05, 4.69) is 4.99 Å². The van der Waals surface area contributed by atoms with Gasteiger partial charge in [0.25, 0.3) is 0 Å². The van der Waals surface area contributed by atoms with Crippen LogP contribution >= 0.6 is 22.6 Å². The van der Waals surface area contributed by atoms with Crippen molar-refractivity contribution in [3.05, 3.63) is 75.4 Å². The molecule has 0 heterocycles. The van der Waals surface area contributed by atoms with Crippen molar-refractivity contribution in [3.63, 3.8) is 0 Å². The zero-order valence-corrected chi connectivity index (χ0v) is 20.3. The second kappa shape index (κ2) is 10.1. The van der Waals surface area contributed by atoms with E-state index in [0.29, 0.717) is 15.9 Å². The molecule has 0 saturated carbocycles. The van der Waals surface area contributed by atoms with Gasteiger partial charge in [-0.15, -0.1) is 0 Å². The summed E-state index contributed by atoms with van der Waals surface area (Å²) in [6, 6.07) is 17.4. The van der Waals surface area contributed by atoms with Gasteiger partial charge in [-0.1, -0.05) is 17.7 Å². The SMILES string of the molecule is CCOc1ccc(N=Cc2cc(I)c(OS(=O)(=O)c3ccc(C)cc3)c(OC)c2)cc1. The second-order valence-electron chi connectivity index (χ2n) is 6.57. The van der Waals surface area contributed by atoms with Crippen LogP contribution in [0.5, 0.6) is 17.2 Å². The van der Waals surface area contributed by atoms with Crippen LogP contribution in [0.4, 0.5) is 5.69 Å². The first-order valence-electron chi connectivity index (χ1n) is 9.48. The van der Waals surface area contributed by atoms with Gasteiger partial charge < -0.3 is 13.7 Å². The van der Waals surface area contributed by atoms with Crippen LogP contribution in [0.3, 0.4) is 0 Å². The minimum Gasteiger partial charge on any atom is -0.494 e. The first-order valence-corrected chi connectivity index (χ1v) is 12.0. The summed E-state index contributed by atoms with van der Waals surface area (Å²) in [7, 11) is -2.53. The molecule has 8 heteroatoms. The van der Waals surface area contributed by atoms with E-state index in [0.717, 1.165) is 22.6 Å². The number of methoxy groups -OCH3 is 1. The van der Waals surface area contributed by atoms with E-state index in [1.165, 1.54) is 19.2 Å². The van der Waals surface area contributed by atoms with Gasteiger partial charge in [-0.3, -0.25) is 4.99 Å². The zero-order chi connectivity index (χ0) is 22.4. The number of ether oxygens (including phenoxy) is 2. The predicted molar refractivity (Wildman–Crippen MR) is 130 cm³/mol. The number of aryl methyl sites for hydroxylation is 1. The molecular formula is C23H22INO5S. The summed E-state index contributed by atoms with van der Waals surface area (Å²) >= 11 is 2.02. The highest BCUT2D eigenvalue weighted by Crippen LogP contribution is 2.36. The zero-order valence-electron chi connectivity index (χ0n) is 17.3. The van der Waals surface area contributed by atoms with Gasteiger partial charge in [0.05, 0.1) is 23.0 Å². The monoisotopic (exact) mass is 551 g/mol. The predicted octanol–water partition coefficient (Wildman–Crippen LogP) is 5.53. The van der Waals surface area contributed by atoms with Gasteiger partial charge in [0.15, 0.2) is 11.5 Å². The molecule has 0 aliphatic rings. The van der Waals surface area contributed by atoms with E-state index < -0.39 is 10.1 Å². The lowest BCUT2D eigenvalue weighted by Gasteiger charge is -2.13. The maximum absolute atomic E-state index is 12.7. The molecule has 0 aliphatic heterocycles. The topological polar surface area (TPSA) is 74.2 Å². The lowest BCUT2D eigenvalue weighted by molar-refractivity contribution is 0.340. The highest BCUT2D eigenvalue weighted by atomic mass is 127. The van der Waals surface area contributed by atoms with Crippen LogP contribution in [0.2, 0.25) is 0 Å². The maximum atomic E-state index is 12.7. The molecule has 0 saturated heterocycles. The van der Waals surface area contributed by atoms with Crippen molar-refractivity contribution in [1.82, 2.24) is 0 Å². The summed E-state index contributed by atoms with van der Waals surface area (Å²) < 4.78 is 42.2. The van der Waals surface area contributed by atoms with Crippen LogP contribution in [0.1, 0.15) is 18.1 Å². The highest BCUT2D eigenvalue weighted by Gasteiger charge is 2.21. The molecule has 3 aromatic rings. The van der Waals surface area contributed by atoms with Gasteiger partial charge in [-0.2, -0.15) is 8.42 Å². The van der Waals surface area contributed by atoms with E-state index in [9.17, 15) is 8.42 Å². The summed E-state index contributed by atoms with van der Waals surface area (Å²) in [6.45, 7) is 4.42. The average molecular weight is 551 g/mol. The van der Waals surface area contributed by atoms with E-state index in [1.54, 1.807) is 30.5 Å². The third-order valence-corrected chi connectivity index (χ3v) is 6.30. The van der Waals surface area contributed by atoms with Gasteiger partial charge in [0.1, 0.15) is 10.6 Å². The smallest absolute Gasteiger partial charge is 0.339 e. The molecule has 0 N–H and O–H groups in total. The Bertz CT molecular complexity index is 1170. The minimum atomic E-state index is -3.99. The molecule has 0 unspecified atom stereocenters. The van der Waals surface area contributed by atoms with Gasteiger partial charge in [0, 0.05) is 6.21 Å². The fraction of sp³-hybridized carbons (Fsp3) is 0.174. The lowest BCUT2D eigenvalue weighted by Crippen LogP contribution is -2.11. The molecule has 0 fully saturated rings. The average Bonchev–Trinajstić information content (AvgIpc) is 2.75. The standard InChI is InChI=1S/C23H22INO5S/c1-4-29-19-9-7-18(8-10-19)25-15-17-13-21(24)23(22(14-17)28-3)30-31(26,27)20-11-5-16(2)6-12-20/h5-15H,4H2,1-3H3. The van der Waals surface area contributed by atoms with Gasteiger partial charge >= 0.3 is 10.1 Å². The van der Waals surface area contributed by atoms with Crippen LogP contribution in [0, 0.1) is 10.5 Å². The first kappa shape index (κ1) is 23.1. The van der Waals surface area contributed by atoms with Crippen LogP contribution in [0.25, 0.3) is 0 Å². The summed E-state index contributed by atoms with van der Waals surface area (Å²) in [5.74, 6) is 1.23. The van der Waals surface area contributed by atoms with Gasteiger partial charge in [-0.25, -0.2) is 0 Å². The number of aliphatic imine (C=N–C) groups is 1. The third kappa shape index (κ3) is 5.98.